The van der Waals surface area contributed by atoms with E-state index in [1.807, 2.05) is 31.2 Å². The standard InChI is InChI=1S/C17H16O2S/c1-3-16(13-15-11-9-14(2)10-12-15)20(18,19)17-7-5-4-6-8-17/h3-13H,1H2,2H3/b16-13+. The molecule has 0 N–H and O–H groups in total. The predicted molar refractivity (Wildman–Crippen MR) is 83.0 cm³/mol. The fourth-order valence-electron chi connectivity index (χ4n) is 1.81. The van der Waals surface area contributed by atoms with E-state index in [4.69, 9.17) is 0 Å². The van der Waals surface area contributed by atoms with Crippen LogP contribution in [-0.2, 0) is 9.84 Å². The number of aryl methyl sites for hydroxylation is 1. The molecule has 0 aliphatic heterocycles. The molecule has 0 aliphatic rings. The second-order valence-electron chi connectivity index (χ2n) is 4.48. The zero-order valence-electron chi connectivity index (χ0n) is 11.3. The Morgan fingerprint density at radius 1 is 1.00 bits per heavy atom. The number of rotatable bonds is 4. The highest BCUT2D eigenvalue weighted by atomic mass is 32.2. The first-order valence-electron chi connectivity index (χ1n) is 6.25. The number of hydrogen-bond donors (Lipinski definition) is 0. The van der Waals surface area contributed by atoms with Gasteiger partial charge in [0.15, 0.2) is 0 Å². The van der Waals surface area contributed by atoms with E-state index in [0.29, 0.717) is 0 Å². The minimum absolute atomic E-state index is 0.201. The van der Waals surface area contributed by atoms with Crippen molar-refractivity contribution in [1.82, 2.24) is 0 Å². The van der Waals surface area contributed by atoms with Crippen LogP contribution >= 0.6 is 0 Å². The van der Waals surface area contributed by atoms with Crippen LogP contribution in [0.15, 0.2) is 77.1 Å². The fourth-order valence-corrected chi connectivity index (χ4v) is 3.11. The van der Waals surface area contributed by atoms with Crippen molar-refractivity contribution in [3.05, 3.63) is 83.3 Å². The van der Waals surface area contributed by atoms with E-state index >= 15 is 0 Å². The molecular formula is C17H16O2S. The van der Waals surface area contributed by atoms with Crippen molar-refractivity contribution in [2.24, 2.45) is 0 Å². The molecule has 0 unspecified atom stereocenters. The van der Waals surface area contributed by atoms with Crippen LogP contribution in [-0.4, -0.2) is 8.42 Å². The van der Waals surface area contributed by atoms with Gasteiger partial charge in [0.05, 0.1) is 9.80 Å². The Balaban J connectivity index is 2.47. The van der Waals surface area contributed by atoms with Gasteiger partial charge in [0.2, 0.25) is 9.84 Å². The molecule has 0 saturated heterocycles. The molecule has 0 aliphatic carbocycles. The van der Waals surface area contributed by atoms with Gasteiger partial charge >= 0.3 is 0 Å². The monoisotopic (exact) mass is 284 g/mol. The van der Waals surface area contributed by atoms with Crippen LogP contribution in [0.5, 0.6) is 0 Å². The molecule has 0 radical (unpaired) electrons. The summed E-state index contributed by atoms with van der Waals surface area (Å²) in [7, 11) is -3.52. The van der Waals surface area contributed by atoms with Crippen molar-refractivity contribution in [1.29, 1.82) is 0 Å². The number of allylic oxidation sites excluding steroid dienone is 1. The summed E-state index contributed by atoms with van der Waals surface area (Å²) in [6.07, 6.45) is 3.01. The molecule has 0 amide bonds. The van der Waals surface area contributed by atoms with Crippen molar-refractivity contribution >= 4 is 15.9 Å². The van der Waals surface area contributed by atoms with Gasteiger partial charge in [-0.1, -0.05) is 60.7 Å². The Morgan fingerprint density at radius 3 is 2.15 bits per heavy atom. The SMILES string of the molecule is C=C/C(=C\c1ccc(C)cc1)S(=O)(=O)c1ccccc1. The molecule has 2 aromatic carbocycles. The summed E-state index contributed by atoms with van der Waals surface area (Å²) in [5.41, 5.74) is 1.97. The van der Waals surface area contributed by atoms with Gasteiger partial charge in [-0.3, -0.25) is 0 Å². The predicted octanol–water partition coefficient (Wildman–Crippen LogP) is 4.00. The van der Waals surface area contributed by atoms with Gasteiger partial charge < -0.3 is 0 Å². The summed E-state index contributed by atoms with van der Waals surface area (Å²) in [5, 5.41) is 0. The van der Waals surface area contributed by atoms with Gasteiger partial charge in [-0.05, 0) is 30.7 Å². The van der Waals surface area contributed by atoms with E-state index in [1.54, 1.807) is 36.4 Å². The van der Waals surface area contributed by atoms with Crippen molar-refractivity contribution in [2.45, 2.75) is 11.8 Å². The fraction of sp³-hybridized carbons (Fsp3) is 0.0588. The van der Waals surface area contributed by atoms with E-state index in [0.717, 1.165) is 11.1 Å². The van der Waals surface area contributed by atoms with Crippen molar-refractivity contribution < 1.29 is 8.42 Å². The first kappa shape index (κ1) is 14.3. The third-order valence-corrected chi connectivity index (χ3v) is 4.75. The third kappa shape index (κ3) is 3.06. The highest BCUT2D eigenvalue weighted by Crippen LogP contribution is 2.22. The molecule has 20 heavy (non-hydrogen) atoms. The molecule has 2 aromatic rings. The van der Waals surface area contributed by atoms with Crippen LogP contribution in [0.25, 0.3) is 6.08 Å². The lowest BCUT2D eigenvalue weighted by Gasteiger charge is -2.05. The molecule has 0 bridgehead atoms. The Labute approximate surface area is 120 Å². The van der Waals surface area contributed by atoms with Gasteiger partial charge in [0, 0.05) is 0 Å². The minimum Gasteiger partial charge on any atom is -0.219 e. The average molecular weight is 284 g/mol. The van der Waals surface area contributed by atoms with Crippen LogP contribution in [0, 0.1) is 6.92 Å². The van der Waals surface area contributed by atoms with Gasteiger partial charge in [0.1, 0.15) is 0 Å². The highest BCUT2D eigenvalue weighted by Gasteiger charge is 2.17. The second-order valence-corrected chi connectivity index (χ2v) is 6.43. The molecule has 0 atom stereocenters. The van der Waals surface area contributed by atoms with Crippen molar-refractivity contribution in [3.63, 3.8) is 0 Å². The molecule has 102 valence electrons. The lowest BCUT2D eigenvalue weighted by molar-refractivity contribution is 0.603. The molecule has 0 spiro atoms. The molecular weight excluding hydrogens is 268 g/mol. The normalized spacial score (nSPS) is 12.2. The Bertz CT molecular complexity index is 724. The molecule has 0 heterocycles. The molecule has 0 aromatic heterocycles. The van der Waals surface area contributed by atoms with Crippen molar-refractivity contribution in [2.75, 3.05) is 0 Å². The first-order chi connectivity index (χ1) is 9.54. The third-order valence-electron chi connectivity index (χ3n) is 2.95. The average Bonchev–Trinajstić information content (AvgIpc) is 2.47. The van der Waals surface area contributed by atoms with E-state index in [9.17, 15) is 8.42 Å². The van der Waals surface area contributed by atoms with Gasteiger partial charge in [-0.25, -0.2) is 8.42 Å². The quantitative estimate of drug-likeness (QED) is 0.795. The number of hydrogen-bond acceptors (Lipinski definition) is 2. The minimum atomic E-state index is -3.52. The summed E-state index contributed by atoms with van der Waals surface area (Å²) in [5.74, 6) is 0. The number of benzene rings is 2. The molecule has 0 fully saturated rings. The maximum Gasteiger partial charge on any atom is 0.206 e. The maximum atomic E-state index is 12.5. The smallest absolute Gasteiger partial charge is 0.206 e. The summed E-state index contributed by atoms with van der Waals surface area (Å²) in [4.78, 5) is 0.478. The summed E-state index contributed by atoms with van der Waals surface area (Å²) in [6.45, 7) is 5.61. The Kier molecular flexibility index (Phi) is 4.20. The molecule has 3 heteroatoms. The molecule has 0 saturated carbocycles. The largest absolute Gasteiger partial charge is 0.219 e. The summed E-state index contributed by atoms with van der Waals surface area (Å²) >= 11 is 0. The Hall–Kier alpha value is -2.13. The van der Waals surface area contributed by atoms with Crippen LogP contribution in [0.1, 0.15) is 11.1 Å². The zero-order chi connectivity index (χ0) is 14.6. The lowest BCUT2D eigenvalue weighted by Crippen LogP contribution is -2.02. The van der Waals surface area contributed by atoms with E-state index in [-0.39, 0.29) is 9.80 Å². The van der Waals surface area contributed by atoms with E-state index in [1.165, 1.54) is 6.08 Å². The van der Waals surface area contributed by atoms with Gasteiger partial charge in [0.25, 0.3) is 0 Å². The van der Waals surface area contributed by atoms with Gasteiger partial charge in [-0.15, -0.1) is 0 Å². The maximum absolute atomic E-state index is 12.5. The summed E-state index contributed by atoms with van der Waals surface area (Å²) < 4.78 is 25.0. The van der Waals surface area contributed by atoms with Crippen LogP contribution in [0.4, 0.5) is 0 Å². The lowest BCUT2D eigenvalue weighted by atomic mass is 10.1. The van der Waals surface area contributed by atoms with Crippen LogP contribution in [0.3, 0.4) is 0 Å². The first-order valence-corrected chi connectivity index (χ1v) is 7.73. The van der Waals surface area contributed by atoms with Crippen LogP contribution in [0.2, 0.25) is 0 Å². The van der Waals surface area contributed by atoms with E-state index < -0.39 is 9.84 Å². The van der Waals surface area contributed by atoms with Gasteiger partial charge in [-0.2, -0.15) is 0 Å². The summed E-state index contributed by atoms with van der Waals surface area (Å²) in [6, 6.07) is 16.0. The highest BCUT2D eigenvalue weighted by molar-refractivity contribution is 7.95. The zero-order valence-corrected chi connectivity index (χ0v) is 12.1. The second kappa shape index (κ2) is 5.88. The molecule has 2 nitrogen and oxygen atoms in total. The number of sulfone groups is 1. The van der Waals surface area contributed by atoms with Crippen LogP contribution < -0.4 is 0 Å². The van der Waals surface area contributed by atoms with E-state index in [2.05, 4.69) is 6.58 Å². The molecule has 2 rings (SSSR count). The Morgan fingerprint density at radius 2 is 1.60 bits per heavy atom. The topological polar surface area (TPSA) is 34.1 Å². The van der Waals surface area contributed by atoms with Crippen molar-refractivity contribution in [3.8, 4) is 0 Å².